The van der Waals surface area contributed by atoms with Crippen LogP contribution in [0.4, 0.5) is 18.9 Å². The molecule has 1 aromatic rings. The first-order valence-electron chi connectivity index (χ1n) is 5.03. The number of alkyl halides is 4. The highest BCUT2D eigenvalue weighted by molar-refractivity contribution is 6.28. The molecule has 0 saturated heterocycles. The zero-order valence-corrected chi connectivity index (χ0v) is 10.1. The van der Waals surface area contributed by atoms with Crippen molar-refractivity contribution in [2.24, 2.45) is 10.7 Å². The molecule has 0 aliphatic heterocycles. The third-order valence-electron chi connectivity index (χ3n) is 1.88. The van der Waals surface area contributed by atoms with E-state index in [4.69, 9.17) is 17.3 Å². The summed E-state index contributed by atoms with van der Waals surface area (Å²) in [5.41, 5.74) is 6.66. The van der Waals surface area contributed by atoms with Crippen LogP contribution in [0.3, 0.4) is 0 Å². The van der Waals surface area contributed by atoms with Crippen molar-refractivity contribution >= 4 is 23.1 Å². The Hall–Kier alpha value is -1.27. The molecule has 0 aliphatic rings. The van der Waals surface area contributed by atoms with E-state index < -0.39 is 12.8 Å². The van der Waals surface area contributed by atoms with Gasteiger partial charge < -0.3 is 10.5 Å². The molecule has 0 fully saturated rings. The van der Waals surface area contributed by atoms with Gasteiger partial charge in [-0.1, -0.05) is 12.1 Å². The van der Waals surface area contributed by atoms with E-state index in [0.29, 0.717) is 11.3 Å². The van der Waals surface area contributed by atoms with Gasteiger partial charge in [0.15, 0.2) is 0 Å². The van der Waals surface area contributed by atoms with Gasteiger partial charge in [0.25, 0.3) is 0 Å². The number of hydrogen-bond donors (Lipinski definition) is 1. The van der Waals surface area contributed by atoms with Crippen molar-refractivity contribution in [2.45, 2.75) is 12.8 Å². The van der Waals surface area contributed by atoms with E-state index in [1.165, 1.54) is 0 Å². The Morgan fingerprint density at radius 2 is 1.89 bits per heavy atom. The maximum atomic E-state index is 11.8. The highest BCUT2D eigenvalue weighted by Crippen LogP contribution is 2.17. The minimum Gasteiger partial charge on any atom is -0.386 e. The van der Waals surface area contributed by atoms with Crippen LogP contribution in [0, 0.1) is 0 Å². The number of hydrogen-bond acceptors (Lipinski definition) is 2. The quantitative estimate of drug-likeness (QED) is 0.512. The number of aliphatic imine (C=N–C) groups is 1. The van der Waals surface area contributed by atoms with Crippen LogP contribution in [0.25, 0.3) is 0 Å². The minimum absolute atomic E-state index is 0.103. The monoisotopic (exact) mass is 280 g/mol. The van der Waals surface area contributed by atoms with Crippen molar-refractivity contribution in [1.29, 1.82) is 0 Å². The van der Waals surface area contributed by atoms with Gasteiger partial charge in [-0.3, -0.25) is 0 Å². The molecule has 1 aromatic carbocycles. The Morgan fingerprint density at radius 3 is 2.39 bits per heavy atom. The molecule has 7 heteroatoms. The smallest absolute Gasteiger partial charge is 0.386 e. The van der Waals surface area contributed by atoms with Gasteiger partial charge in [0.2, 0.25) is 0 Å². The maximum absolute atomic E-state index is 11.8. The summed E-state index contributed by atoms with van der Waals surface area (Å²) in [6, 6.07) is 6.50. The molecule has 0 radical (unpaired) electrons. The number of nitrogens with zero attached hydrogens (tertiary/aromatic N) is 1. The van der Waals surface area contributed by atoms with Crippen LogP contribution < -0.4 is 5.73 Å². The number of amidine groups is 1. The molecule has 1 rings (SSSR count). The highest BCUT2D eigenvalue weighted by atomic mass is 35.5. The van der Waals surface area contributed by atoms with E-state index in [2.05, 4.69) is 9.73 Å². The first kappa shape index (κ1) is 14.8. The second kappa shape index (κ2) is 6.61. The third kappa shape index (κ3) is 5.88. The Labute approximate surface area is 107 Å². The normalized spacial score (nSPS) is 12.8. The molecule has 0 atom stereocenters. The van der Waals surface area contributed by atoms with Crippen molar-refractivity contribution in [2.75, 3.05) is 12.5 Å². The van der Waals surface area contributed by atoms with E-state index in [0.717, 1.165) is 0 Å². The van der Waals surface area contributed by atoms with Gasteiger partial charge in [0.1, 0.15) is 12.4 Å². The molecular weight excluding hydrogens is 269 g/mol. The third-order valence-corrected chi connectivity index (χ3v) is 2.15. The standard InChI is InChI=1S/C11H12ClF3N2O/c12-5-10(16)17-9-3-1-8(2-4-9)6-18-7-11(13,14)15/h1-4H,5-7H2,(H2,16,17). The van der Waals surface area contributed by atoms with Gasteiger partial charge in [-0.05, 0) is 17.7 Å². The molecule has 0 aliphatic carbocycles. The van der Waals surface area contributed by atoms with E-state index in [1.807, 2.05) is 0 Å². The molecule has 18 heavy (non-hydrogen) atoms. The Morgan fingerprint density at radius 1 is 1.28 bits per heavy atom. The maximum Gasteiger partial charge on any atom is 0.411 e. The van der Waals surface area contributed by atoms with Gasteiger partial charge >= 0.3 is 6.18 Å². The summed E-state index contributed by atoms with van der Waals surface area (Å²) in [7, 11) is 0. The van der Waals surface area contributed by atoms with E-state index >= 15 is 0 Å². The van der Waals surface area contributed by atoms with Crippen LogP contribution in [0.15, 0.2) is 29.3 Å². The lowest BCUT2D eigenvalue weighted by Gasteiger charge is -2.07. The summed E-state index contributed by atoms with van der Waals surface area (Å²) < 4.78 is 40.0. The van der Waals surface area contributed by atoms with Crippen LogP contribution in [0.2, 0.25) is 0 Å². The first-order valence-corrected chi connectivity index (χ1v) is 5.56. The van der Waals surface area contributed by atoms with Gasteiger partial charge in [0.05, 0.1) is 18.2 Å². The average molecular weight is 281 g/mol. The summed E-state index contributed by atoms with van der Waals surface area (Å²) in [4.78, 5) is 3.98. The zero-order chi connectivity index (χ0) is 13.6. The summed E-state index contributed by atoms with van der Waals surface area (Å²) in [6.07, 6.45) is -4.31. The van der Waals surface area contributed by atoms with Crippen molar-refractivity contribution in [1.82, 2.24) is 0 Å². The zero-order valence-electron chi connectivity index (χ0n) is 9.38. The molecule has 100 valence electrons. The Kier molecular flexibility index (Phi) is 5.43. The lowest BCUT2D eigenvalue weighted by molar-refractivity contribution is -0.176. The second-order valence-corrected chi connectivity index (χ2v) is 3.78. The van der Waals surface area contributed by atoms with Crippen LogP contribution in [0.5, 0.6) is 0 Å². The fourth-order valence-electron chi connectivity index (χ4n) is 1.15. The molecule has 0 saturated carbocycles. The van der Waals surface area contributed by atoms with Gasteiger partial charge in [-0.25, -0.2) is 4.99 Å². The predicted octanol–water partition coefficient (Wildman–Crippen LogP) is 2.99. The summed E-state index contributed by atoms with van der Waals surface area (Å²) >= 11 is 5.46. The topological polar surface area (TPSA) is 47.6 Å². The SMILES string of the molecule is NC(CCl)=Nc1ccc(COCC(F)(F)F)cc1. The fraction of sp³-hybridized carbons (Fsp3) is 0.364. The van der Waals surface area contributed by atoms with Crippen LogP contribution in [-0.4, -0.2) is 24.5 Å². The largest absolute Gasteiger partial charge is 0.411 e. The van der Waals surface area contributed by atoms with Crippen molar-refractivity contribution < 1.29 is 17.9 Å². The molecule has 2 N–H and O–H groups in total. The van der Waals surface area contributed by atoms with E-state index in [-0.39, 0.29) is 18.3 Å². The van der Waals surface area contributed by atoms with Crippen LogP contribution >= 0.6 is 11.6 Å². The molecule has 0 unspecified atom stereocenters. The summed E-state index contributed by atoms with van der Waals surface area (Å²) in [6.45, 7) is -1.36. The number of halogens is 4. The average Bonchev–Trinajstić information content (AvgIpc) is 2.29. The molecule has 0 aromatic heterocycles. The van der Waals surface area contributed by atoms with E-state index in [9.17, 15) is 13.2 Å². The second-order valence-electron chi connectivity index (χ2n) is 3.51. The highest BCUT2D eigenvalue weighted by Gasteiger charge is 2.27. The molecule has 3 nitrogen and oxygen atoms in total. The lowest BCUT2D eigenvalue weighted by Crippen LogP contribution is -2.16. The number of benzene rings is 1. The molecule has 0 bridgehead atoms. The molecule has 0 spiro atoms. The van der Waals surface area contributed by atoms with Gasteiger partial charge in [0, 0.05) is 0 Å². The molecule has 0 heterocycles. The summed E-state index contributed by atoms with van der Waals surface area (Å²) in [5.74, 6) is 0.397. The van der Waals surface area contributed by atoms with Crippen molar-refractivity contribution in [3.63, 3.8) is 0 Å². The van der Waals surface area contributed by atoms with Crippen molar-refractivity contribution in [3.8, 4) is 0 Å². The van der Waals surface area contributed by atoms with Crippen molar-refractivity contribution in [3.05, 3.63) is 29.8 Å². The van der Waals surface area contributed by atoms with Gasteiger partial charge in [-0.2, -0.15) is 13.2 Å². The number of nitrogens with two attached hydrogens (primary N) is 1. The lowest BCUT2D eigenvalue weighted by atomic mass is 10.2. The van der Waals surface area contributed by atoms with Gasteiger partial charge in [-0.15, -0.1) is 11.6 Å². The predicted molar refractivity (Wildman–Crippen MR) is 64.2 cm³/mol. The molecule has 0 amide bonds. The minimum atomic E-state index is -4.31. The molecular formula is C11H12ClF3N2O. The Bertz CT molecular complexity index is 404. The first-order chi connectivity index (χ1) is 8.40. The summed E-state index contributed by atoms with van der Waals surface area (Å²) in [5, 5.41) is 0. The van der Waals surface area contributed by atoms with E-state index in [1.54, 1.807) is 24.3 Å². The number of ether oxygens (including phenoxy) is 1. The number of rotatable bonds is 5. The Balaban J connectivity index is 2.51. The van der Waals surface area contributed by atoms with Crippen LogP contribution in [0.1, 0.15) is 5.56 Å². The van der Waals surface area contributed by atoms with Crippen LogP contribution in [-0.2, 0) is 11.3 Å². The fourth-order valence-corrected chi connectivity index (χ4v) is 1.21.